The molecule has 2 aromatic carbocycles. The summed E-state index contributed by atoms with van der Waals surface area (Å²) in [6, 6.07) is 18.9. The number of nitrogens with one attached hydrogen (secondary N) is 3. The van der Waals surface area contributed by atoms with Crippen molar-refractivity contribution < 1.29 is 13.2 Å². The van der Waals surface area contributed by atoms with E-state index in [9.17, 15) is 13.2 Å². The van der Waals surface area contributed by atoms with Crippen LogP contribution in [0.1, 0.15) is 15.2 Å². The molecular formula is C21H16ClN5O3S3. The molecule has 0 bridgehead atoms. The molecule has 12 heteroatoms. The number of carbonyl (C=O) groups is 1. The number of aromatic nitrogens is 1. The highest BCUT2D eigenvalue weighted by atomic mass is 35.5. The van der Waals surface area contributed by atoms with Gasteiger partial charge in [0, 0.05) is 5.69 Å². The van der Waals surface area contributed by atoms with Gasteiger partial charge in [-0.15, -0.1) is 11.3 Å². The first-order valence-corrected chi connectivity index (χ1v) is 13.0. The fraction of sp³-hybridized carbons (Fsp3) is 0. The number of nitrogens with zero attached hydrogens (tertiary/aromatic N) is 2. The Morgan fingerprint density at radius 3 is 2.55 bits per heavy atom. The van der Waals surface area contributed by atoms with E-state index in [-0.39, 0.29) is 20.6 Å². The summed E-state index contributed by atoms with van der Waals surface area (Å²) in [4.78, 5) is 17.4. The fourth-order valence-corrected chi connectivity index (χ4v) is 5.80. The zero-order valence-corrected chi connectivity index (χ0v) is 19.9. The number of carbonyl (C=O) groups excluding carboxylic acids is 1. The summed E-state index contributed by atoms with van der Waals surface area (Å²) in [5, 5.41) is 9.56. The van der Waals surface area contributed by atoms with E-state index in [1.807, 2.05) is 30.3 Å². The van der Waals surface area contributed by atoms with E-state index in [2.05, 4.69) is 25.6 Å². The average Bonchev–Trinajstić information content (AvgIpc) is 3.45. The van der Waals surface area contributed by atoms with Gasteiger partial charge in [-0.25, -0.2) is 18.8 Å². The molecule has 0 radical (unpaired) electrons. The number of sulfonamides is 1. The molecule has 2 aromatic heterocycles. The largest absolute Gasteiger partial charge is 0.331 e. The lowest BCUT2D eigenvalue weighted by Gasteiger charge is -2.10. The lowest BCUT2D eigenvalue weighted by molar-refractivity contribution is 0.0956. The van der Waals surface area contributed by atoms with Gasteiger partial charge in [-0.1, -0.05) is 59.3 Å². The van der Waals surface area contributed by atoms with Crippen molar-refractivity contribution in [1.29, 1.82) is 0 Å². The minimum atomic E-state index is -3.80. The van der Waals surface area contributed by atoms with E-state index in [1.54, 1.807) is 23.6 Å². The number of hydrogen-bond acceptors (Lipinski definition) is 8. The number of thiazole rings is 1. The molecule has 0 aliphatic heterocycles. The summed E-state index contributed by atoms with van der Waals surface area (Å²) in [5.41, 5.74) is 3.52. The van der Waals surface area contributed by atoms with E-state index in [1.165, 1.54) is 35.8 Å². The lowest BCUT2D eigenvalue weighted by Crippen LogP contribution is -2.21. The fourth-order valence-electron chi connectivity index (χ4n) is 2.68. The standard InChI is InChI=1S/C21H16ClN5O3S3/c22-19-17(32-21(25-19)24-14-7-2-1-3-8-14)13-23-26-20(28)15-9-4-5-10-16(15)27-33(29,30)18-11-6-12-31-18/h1-13,27H,(H,24,25)(H,26,28)/b23-13+. The molecule has 33 heavy (non-hydrogen) atoms. The van der Waals surface area contributed by atoms with Crippen molar-refractivity contribution in [3.8, 4) is 0 Å². The summed E-state index contributed by atoms with van der Waals surface area (Å²) in [5.74, 6) is -0.584. The second-order valence-electron chi connectivity index (χ2n) is 6.45. The predicted octanol–water partition coefficient (Wildman–Crippen LogP) is 5.17. The number of halogens is 1. The highest BCUT2D eigenvalue weighted by Crippen LogP contribution is 2.28. The summed E-state index contributed by atoms with van der Waals surface area (Å²) < 4.78 is 27.6. The molecule has 4 rings (SSSR count). The Kier molecular flexibility index (Phi) is 7.04. The number of amides is 1. The van der Waals surface area contributed by atoms with Crippen LogP contribution in [0.15, 0.2) is 81.4 Å². The third kappa shape index (κ3) is 5.76. The van der Waals surface area contributed by atoms with Gasteiger partial charge in [0.1, 0.15) is 4.21 Å². The second kappa shape index (κ2) is 10.1. The van der Waals surface area contributed by atoms with Gasteiger partial charge in [0.2, 0.25) is 0 Å². The van der Waals surface area contributed by atoms with Crippen molar-refractivity contribution in [3.05, 3.63) is 87.7 Å². The first kappa shape index (κ1) is 22.9. The van der Waals surface area contributed by atoms with Gasteiger partial charge in [0.15, 0.2) is 10.3 Å². The minimum Gasteiger partial charge on any atom is -0.331 e. The molecule has 0 saturated heterocycles. The van der Waals surface area contributed by atoms with E-state index in [0.29, 0.717) is 10.0 Å². The normalized spacial score (nSPS) is 11.4. The second-order valence-corrected chi connectivity index (χ2v) is 10.7. The van der Waals surface area contributed by atoms with Crippen LogP contribution in [0.2, 0.25) is 5.15 Å². The van der Waals surface area contributed by atoms with Crippen LogP contribution in [0.3, 0.4) is 0 Å². The average molecular weight is 518 g/mol. The van der Waals surface area contributed by atoms with Crippen molar-refractivity contribution in [2.45, 2.75) is 4.21 Å². The van der Waals surface area contributed by atoms with E-state index >= 15 is 0 Å². The maximum Gasteiger partial charge on any atom is 0.273 e. The van der Waals surface area contributed by atoms with Crippen LogP contribution in [-0.2, 0) is 10.0 Å². The Morgan fingerprint density at radius 1 is 1.03 bits per heavy atom. The highest BCUT2D eigenvalue weighted by molar-refractivity contribution is 7.94. The molecule has 0 fully saturated rings. The maximum absolute atomic E-state index is 12.6. The number of hydrogen-bond donors (Lipinski definition) is 3. The van der Waals surface area contributed by atoms with Crippen molar-refractivity contribution in [3.63, 3.8) is 0 Å². The molecule has 168 valence electrons. The van der Waals surface area contributed by atoms with Gasteiger partial charge >= 0.3 is 0 Å². The van der Waals surface area contributed by atoms with Gasteiger partial charge in [0.25, 0.3) is 15.9 Å². The molecule has 8 nitrogen and oxygen atoms in total. The molecule has 0 saturated carbocycles. The third-order valence-electron chi connectivity index (χ3n) is 4.16. The molecular weight excluding hydrogens is 502 g/mol. The molecule has 3 N–H and O–H groups in total. The Hall–Kier alpha value is -3.25. The SMILES string of the molecule is O=C(N/N=C/c1sc(Nc2ccccc2)nc1Cl)c1ccccc1NS(=O)(=O)c1cccs1. The molecule has 0 aliphatic carbocycles. The van der Waals surface area contributed by atoms with Gasteiger partial charge < -0.3 is 5.32 Å². The minimum absolute atomic E-state index is 0.122. The number of hydrazone groups is 1. The Labute approximate surface area is 203 Å². The van der Waals surface area contributed by atoms with Crippen molar-refractivity contribution >= 4 is 72.9 Å². The Bertz CT molecular complexity index is 1390. The van der Waals surface area contributed by atoms with Gasteiger partial charge in [0.05, 0.1) is 22.3 Å². The van der Waals surface area contributed by atoms with Crippen LogP contribution in [0.5, 0.6) is 0 Å². The first-order valence-electron chi connectivity index (χ1n) is 9.39. The van der Waals surface area contributed by atoms with Gasteiger partial charge in [-0.3, -0.25) is 9.52 Å². The monoisotopic (exact) mass is 517 g/mol. The highest BCUT2D eigenvalue weighted by Gasteiger charge is 2.19. The van der Waals surface area contributed by atoms with E-state index < -0.39 is 15.9 Å². The number of rotatable bonds is 8. The molecule has 0 spiro atoms. The molecule has 4 aromatic rings. The van der Waals surface area contributed by atoms with Crippen molar-refractivity contribution in [1.82, 2.24) is 10.4 Å². The maximum atomic E-state index is 12.6. The summed E-state index contributed by atoms with van der Waals surface area (Å²) in [6.07, 6.45) is 1.38. The van der Waals surface area contributed by atoms with Crippen molar-refractivity contribution in [2.75, 3.05) is 10.0 Å². The van der Waals surface area contributed by atoms with Crippen LogP contribution in [0.4, 0.5) is 16.5 Å². The molecule has 0 aliphatic rings. The number of thiophene rings is 1. The van der Waals surface area contributed by atoms with Gasteiger partial charge in [-0.2, -0.15) is 5.10 Å². The van der Waals surface area contributed by atoms with Crippen LogP contribution in [0, 0.1) is 0 Å². The lowest BCUT2D eigenvalue weighted by atomic mass is 10.2. The number of benzene rings is 2. The zero-order valence-electron chi connectivity index (χ0n) is 16.7. The number of para-hydroxylation sites is 2. The van der Waals surface area contributed by atoms with E-state index in [4.69, 9.17) is 11.6 Å². The molecule has 0 atom stereocenters. The Balaban J connectivity index is 1.44. The third-order valence-corrected chi connectivity index (χ3v) is 8.23. The Morgan fingerprint density at radius 2 is 1.79 bits per heavy atom. The molecule has 1 amide bonds. The summed E-state index contributed by atoms with van der Waals surface area (Å²) in [7, 11) is -3.80. The van der Waals surface area contributed by atoms with Crippen LogP contribution in [0.25, 0.3) is 0 Å². The van der Waals surface area contributed by atoms with Crippen molar-refractivity contribution in [2.24, 2.45) is 5.10 Å². The van der Waals surface area contributed by atoms with Crippen LogP contribution < -0.4 is 15.5 Å². The first-order chi connectivity index (χ1) is 15.9. The summed E-state index contributed by atoms with van der Waals surface area (Å²) in [6.45, 7) is 0. The van der Waals surface area contributed by atoms with Crippen LogP contribution >= 0.6 is 34.3 Å². The molecule has 2 heterocycles. The topological polar surface area (TPSA) is 113 Å². The summed E-state index contributed by atoms with van der Waals surface area (Å²) >= 11 is 8.52. The molecule has 0 unspecified atom stereocenters. The quantitative estimate of drug-likeness (QED) is 0.220. The van der Waals surface area contributed by atoms with Crippen LogP contribution in [-0.4, -0.2) is 25.5 Å². The number of anilines is 3. The smallest absolute Gasteiger partial charge is 0.273 e. The van der Waals surface area contributed by atoms with Gasteiger partial charge in [-0.05, 0) is 35.7 Å². The van der Waals surface area contributed by atoms with E-state index in [0.717, 1.165) is 17.0 Å². The zero-order chi connectivity index (χ0) is 23.3. The predicted molar refractivity (Wildman–Crippen MR) is 133 cm³/mol.